The lowest BCUT2D eigenvalue weighted by atomic mass is 10.0. The molecule has 5 nitrogen and oxygen atoms in total. The van der Waals surface area contributed by atoms with Gasteiger partial charge in [0.15, 0.2) is 11.4 Å². The molecule has 0 radical (unpaired) electrons. The maximum atomic E-state index is 11.9. The summed E-state index contributed by atoms with van der Waals surface area (Å²) < 4.78 is 0. The molecule has 5 heteroatoms. The molecule has 3 aromatic rings. The second kappa shape index (κ2) is 5.52. The van der Waals surface area contributed by atoms with Gasteiger partial charge in [0, 0.05) is 18.0 Å². The lowest BCUT2D eigenvalue weighted by Crippen LogP contribution is -1.96. The van der Waals surface area contributed by atoms with Gasteiger partial charge in [0.2, 0.25) is 5.43 Å². The van der Waals surface area contributed by atoms with Crippen LogP contribution in [0, 0.1) is 0 Å². The lowest BCUT2D eigenvalue weighted by Gasteiger charge is -2.05. The van der Waals surface area contributed by atoms with Gasteiger partial charge in [-0.1, -0.05) is 19.9 Å². The third-order valence-corrected chi connectivity index (χ3v) is 3.50. The highest BCUT2D eigenvalue weighted by Gasteiger charge is 2.11. The summed E-state index contributed by atoms with van der Waals surface area (Å²) in [5.41, 5.74) is 2.57. The Balaban J connectivity index is 2.29. The van der Waals surface area contributed by atoms with Crippen molar-refractivity contribution in [2.24, 2.45) is 0 Å². The quantitative estimate of drug-likeness (QED) is 0.786. The van der Waals surface area contributed by atoms with E-state index in [2.05, 4.69) is 15.0 Å². The van der Waals surface area contributed by atoms with Crippen LogP contribution < -0.4 is 5.43 Å². The van der Waals surface area contributed by atoms with Crippen LogP contribution in [0.1, 0.15) is 25.3 Å². The van der Waals surface area contributed by atoms with E-state index in [1.807, 2.05) is 13.8 Å². The molecule has 0 aliphatic carbocycles. The van der Waals surface area contributed by atoms with Gasteiger partial charge in [-0.05, 0) is 35.7 Å². The molecule has 3 rings (SSSR count). The van der Waals surface area contributed by atoms with Crippen molar-refractivity contribution in [2.75, 3.05) is 0 Å². The third-order valence-electron chi connectivity index (χ3n) is 3.50. The van der Waals surface area contributed by atoms with Crippen molar-refractivity contribution in [3.05, 3.63) is 58.5 Å². The van der Waals surface area contributed by atoms with Crippen LogP contribution in [-0.2, 0) is 0 Å². The molecule has 0 atom stereocenters. The van der Waals surface area contributed by atoms with Crippen LogP contribution in [-0.4, -0.2) is 20.1 Å². The van der Waals surface area contributed by atoms with E-state index >= 15 is 0 Å². The number of nitrogens with zero attached hydrogens (tertiary/aromatic N) is 3. The van der Waals surface area contributed by atoms with Gasteiger partial charge in [0.1, 0.15) is 5.52 Å². The summed E-state index contributed by atoms with van der Waals surface area (Å²) in [6.07, 6.45) is 3.15. The maximum Gasteiger partial charge on any atom is 0.220 e. The monoisotopic (exact) mass is 293 g/mol. The number of fused-ring (bicyclic) bond motifs is 1. The Morgan fingerprint density at radius 1 is 1.05 bits per heavy atom. The van der Waals surface area contributed by atoms with Crippen LogP contribution in [0.5, 0.6) is 5.75 Å². The van der Waals surface area contributed by atoms with Gasteiger partial charge in [-0.3, -0.25) is 9.78 Å². The fourth-order valence-electron chi connectivity index (χ4n) is 2.23. The first-order valence-corrected chi connectivity index (χ1v) is 7.01. The van der Waals surface area contributed by atoms with Gasteiger partial charge in [-0.15, -0.1) is 0 Å². The van der Waals surface area contributed by atoms with E-state index in [1.54, 1.807) is 36.7 Å². The molecular weight excluding hydrogens is 278 g/mol. The number of aromatic nitrogens is 3. The summed E-state index contributed by atoms with van der Waals surface area (Å²) in [7, 11) is 0. The summed E-state index contributed by atoms with van der Waals surface area (Å²) in [6, 6.07) is 8.42. The first-order chi connectivity index (χ1) is 10.6. The Labute approximate surface area is 127 Å². The van der Waals surface area contributed by atoms with E-state index in [1.165, 1.54) is 6.07 Å². The Hall–Kier alpha value is -2.82. The third kappa shape index (κ3) is 2.53. The molecule has 1 N–H and O–H groups in total. The second-order valence-electron chi connectivity index (χ2n) is 5.35. The van der Waals surface area contributed by atoms with Gasteiger partial charge in [-0.25, -0.2) is 9.97 Å². The van der Waals surface area contributed by atoms with Crippen LogP contribution in [0.4, 0.5) is 0 Å². The average Bonchev–Trinajstić information content (AvgIpc) is 2.67. The maximum absolute atomic E-state index is 11.9. The zero-order valence-corrected chi connectivity index (χ0v) is 12.3. The normalized spacial score (nSPS) is 11.0. The van der Waals surface area contributed by atoms with Crippen LogP contribution in [0.3, 0.4) is 0 Å². The van der Waals surface area contributed by atoms with E-state index in [9.17, 15) is 9.90 Å². The highest BCUT2D eigenvalue weighted by Crippen LogP contribution is 2.27. The van der Waals surface area contributed by atoms with Crippen LogP contribution >= 0.6 is 0 Å². The van der Waals surface area contributed by atoms with Crippen molar-refractivity contribution in [1.82, 2.24) is 15.0 Å². The summed E-state index contributed by atoms with van der Waals surface area (Å²) in [4.78, 5) is 24.7. The molecule has 0 aliphatic heterocycles. The minimum atomic E-state index is -0.428. The largest absolute Gasteiger partial charge is 0.504 e. The number of hydrogen-bond acceptors (Lipinski definition) is 5. The van der Waals surface area contributed by atoms with E-state index in [4.69, 9.17) is 0 Å². The summed E-state index contributed by atoms with van der Waals surface area (Å²) in [5, 5.41) is 10.2. The van der Waals surface area contributed by atoms with Crippen LogP contribution in [0.25, 0.3) is 22.4 Å². The SMILES string of the molecule is CC(C)c1ccc(=O)c(O)c(-c2ccc3nccnc3n2)c1. The minimum Gasteiger partial charge on any atom is -0.504 e. The van der Waals surface area contributed by atoms with Crippen molar-refractivity contribution in [2.45, 2.75) is 19.8 Å². The van der Waals surface area contributed by atoms with Gasteiger partial charge in [0.05, 0.1) is 5.69 Å². The molecule has 0 saturated heterocycles. The molecule has 0 aliphatic rings. The van der Waals surface area contributed by atoms with Crippen LogP contribution in [0.2, 0.25) is 0 Å². The van der Waals surface area contributed by atoms with Crippen molar-refractivity contribution >= 4 is 11.2 Å². The van der Waals surface area contributed by atoms with E-state index < -0.39 is 5.43 Å². The molecule has 0 unspecified atom stereocenters. The Bertz CT molecular complexity index is 907. The highest BCUT2D eigenvalue weighted by atomic mass is 16.3. The van der Waals surface area contributed by atoms with Crippen molar-refractivity contribution in [3.8, 4) is 17.0 Å². The van der Waals surface area contributed by atoms with Gasteiger partial charge < -0.3 is 5.11 Å². The Morgan fingerprint density at radius 3 is 2.59 bits per heavy atom. The highest BCUT2D eigenvalue weighted by molar-refractivity contribution is 5.76. The van der Waals surface area contributed by atoms with Gasteiger partial charge in [-0.2, -0.15) is 0 Å². The predicted molar refractivity (Wildman–Crippen MR) is 84.8 cm³/mol. The topological polar surface area (TPSA) is 76.0 Å². The molecule has 0 bridgehead atoms. The second-order valence-corrected chi connectivity index (χ2v) is 5.35. The molecular formula is C17H15N3O2. The molecule has 1 aromatic carbocycles. The zero-order valence-electron chi connectivity index (χ0n) is 12.3. The standard InChI is InChI=1S/C17H15N3O2/c1-10(2)11-3-6-15(21)16(22)12(9-11)13-4-5-14-17(20-13)19-8-7-18-14/h3-10H,1-2H3,(H,21,22). The number of rotatable bonds is 2. The average molecular weight is 293 g/mol. The number of hydrogen-bond donors (Lipinski definition) is 1. The summed E-state index contributed by atoms with van der Waals surface area (Å²) >= 11 is 0. The smallest absolute Gasteiger partial charge is 0.220 e. The first-order valence-electron chi connectivity index (χ1n) is 7.01. The molecule has 0 fully saturated rings. The molecule has 0 amide bonds. The predicted octanol–water partition coefficient (Wildman–Crippen LogP) is 2.88. The number of aromatic hydroxyl groups is 1. The van der Waals surface area contributed by atoms with E-state index in [0.29, 0.717) is 22.4 Å². The van der Waals surface area contributed by atoms with Crippen LogP contribution in [0.15, 0.2) is 47.5 Å². The zero-order chi connectivity index (χ0) is 15.7. The fraction of sp³-hybridized carbons (Fsp3) is 0.176. The first kappa shape index (κ1) is 14.1. The van der Waals surface area contributed by atoms with E-state index in [0.717, 1.165) is 5.56 Å². The van der Waals surface area contributed by atoms with Gasteiger partial charge >= 0.3 is 0 Å². The molecule has 2 heterocycles. The molecule has 2 aromatic heterocycles. The summed E-state index contributed by atoms with van der Waals surface area (Å²) in [6.45, 7) is 4.06. The van der Waals surface area contributed by atoms with Crippen molar-refractivity contribution < 1.29 is 5.11 Å². The summed E-state index contributed by atoms with van der Waals surface area (Å²) in [5.74, 6) is -0.0761. The molecule has 110 valence electrons. The minimum absolute atomic E-state index is 0.227. The lowest BCUT2D eigenvalue weighted by molar-refractivity contribution is 0.473. The van der Waals surface area contributed by atoms with Crippen molar-refractivity contribution in [3.63, 3.8) is 0 Å². The fourth-order valence-corrected chi connectivity index (χ4v) is 2.23. The molecule has 22 heavy (non-hydrogen) atoms. The van der Waals surface area contributed by atoms with E-state index in [-0.39, 0.29) is 11.7 Å². The molecule has 0 saturated carbocycles. The van der Waals surface area contributed by atoms with Crippen molar-refractivity contribution in [1.29, 1.82) is 0 Å². The number of pyridine rings is 1. The Morgan fingerprint density at radius 2 is 1.82 bits per heavy atom. The Kier molecular flexibility index (Phi) is 3.55. The van der Waals surface area contributed by atoms with Gasteiger partial charge in [0.25, 0.3) is 0 Å². The molecule has 0 spiro atoms.